The van der Waals surface area contributed by atoms with Gasteiger partial charge in [-0.15, -0.1) is 11.8 Å². The van der Waals surface area contributed by atoms with Gasteiger partial charge in [-0.25, -0.2) is 4.39 Å². The average Bonchev–Trinajstić information content (AvgIpc) is 2.68. The average molecular weight is 403 g/mol. The predicted molar refractivity (Wildman–Crippen MR) is 116 cm³/mol. The molecule has 0 saturated carbocycles. The number of aliphatic imine (C=N–C) groups is 1. The van der Waals surface area contributed by atoms with Crippen molar-refractivity contribution in [3.63, 3.8) is 0 Å². The highest BCUT2D eigenvalue weighted by atomic mass is 32.2. The third-order valence-electron chi connectivity index (χ3n) is 3.90. The van der Waals surface area contributed by atoms with E-state index in [1.165, 1.54) is 24.6 Å². The fourth-order valence-electron chi connectivity index (χ4n) is 2.50. The van der Waals surface area contributed by atoms with Crippen molar-refractivity contribution >= 4 is 29.3 Å². The first-order chi connectivity index (χ1) is 13.6. The number of thioether (sulfide) groups is 1. The second-order valence-corrected chi connectivity index (χ2v) is 7.38. The Morgan fingerprint density at radius 3 is 2.36 bits per heavy atom. The van der Waals surface area contributed by atoms with Crippen molar-refractivity contribution in [1.29, 1.82) is 0 Å². The van der Waals surface area contributed by atoms with Crippen LogP contribution in [0.4, 0.5) is 10.1 Å². The van der Waals surface area contributed by atoms with Crippen molar-refractivity contribution in [2.75, 3.05) is 31.2 Å². The first-order valence-electron chi connectivity index (χ1n) is 9.26. The van der Waals surface area contributed by atoms with Crippen molar-refractivity contribution in [2.24, 2.45) is 4.99 Å². The fourth-order valence-corrected chi connectivity index (χ4v) is 3.36. The van der Waals surface area contributed by atoms with Gasteiger partial charge >= 0.3 is 0 Å². The van der Waals surface area contributed by atoms with Gasteiger partial charge < -0.3 is 16.0 Å². The van der Waals surface area contributed by atoms with Crippen LogP contribution < -0.4 is 16.0 Å². The molecule has 0 fully saturated rings. The number of amides is 1. The van der Waals surface area contributed by atoms with Crippen LogP contribution in [0.5, 0.6) is 0 Å². The molecule has 0 aliphatic heterocycles. The molecule has 0 spiro atoms. The van der Waals surface area contributed by atoms with Crippen LogP contribution in [0.15, 0.2) is 58.4 Å². The number of anilines is 1. The lowest BCUT2D eigenvalue weighted by Gasteiger charge is -2.12. The van der Waals surface area contributed by atoms with E-state index in [0.717, 1.165) is 48.2 Å². The molecule has 0 saturated heterocycles. The minimum Gasteiger partial charge on any atom is -0.356 e. The van der Waals surface area contributed by atoms with E-state index in [9.17, 15) is 9.18 Å². The van der Waals surface area contributed by atoms with Gasteiger partial charge in [0.05, 0.1) is 0 Å². The van der Waals surface area contributed by atoms with Crippen LogP contribution in [-0.4, -0.2) is 37.8 Å². The monoisotopic (exact) mass is 402 g/mol. The summed E-state index contributed by atoms with van der Waals surface area (Å²) in [6.07, 6.45) is 1.84. The molecule has 0 aliphatic rings. The van der Waals surface area contributed by atoms with Crippen molar-refractivity contribution in [3.8, 4) is 0 Å². The third kappa shape index (κ3) is 8.43. The molecule has 0 bridgehead atoms. The SMILES string of the molecule is CN=C(NCCCSc1ccc(F)cc1)NCCc1ccc(NC(C)=O)cc1. The minimum absolute atomic E-state index is 0.0691. The molecule has 2 rings (SSSR count). The van der Waals surface area contributed by atoms with Gasteiger partial charge in [0.25, 0.3) is 0 Å². The van der Waals surface area contributed by atoms with Crippen molar-refractivity contribution in [1.82, 2.24) is 10.6 Å². The van der Waals surface area contributed by atoms with Crippen molar-refractivity contribution in [2.45, 2.75) is 24.7 Å². The van der Waals surface area contributed by atoms with E-state index in [2.05, 4.69) is 20.9 Å². The van der Waals surface area contributed by atoms with Gasteiger partial charge in [-0.1, -0.05) is 12.1 Å². The lowest BCUT2D eigenvalue weighted by atomic mass is 10.1. The van der Waals surface area contributed by atoms with E-state index in [-0.39, 0.29) is 11.7 Å². The maximum absolute atomic E-state index is 12.9. The maximum Gasteiger partial charge on any atom is 0.221 e. The second-order valence-electron chi connectivity index (χ2n) is 6.21. The summed E-state index contributed by atoms with van der Waals surface area (Å²) >= 11 is 1.72. The fraction of sp³-hybridized carbons (Fsp3) is 0.333. The lowest BCUT2D eigenvalue weighted by Crippen LogP contribution is -2.38. The van der Waals surface area contributed by atoms with Gasteiger partial charge in [-0.3, -0.25) is 9.79 Å². The largest absolute Gasteiger partial charge is 0.356 e. The van der Waals surface area contributed by atoms with Gasteiger partial charge in [-0.05, 0) is 60.6 Å². The summed E-state index contributed by atoms with van der Waals surface area (Å²) in [5, 5.41) is 9.36. The molecule has 150 valence electrons. The number of benzene rings is 2. The Bertz CT molecular complexity index is 763. The van der Waals surface area contributed by atoms with Crippen LogP contribution in [0, 0.1) is 5.82 Å². The number of nitrogens with zero attached hydrogens (tertiary/aromatic N) is 1. The smallest absolute Gasteiger partial charge is 0.221 e. The normalized spacial score (nSPS) is 11.2. The zero-order chi connectivity index (χ0) is 20.2. The molecule has 7 heteroatoms. The van der Waals surface area contributed by atoms with E-state index in [4.69, 9.17) is 0 Å². The minimum atomic E-state index is -0.204. The Kier molecular flexibility index (Phi) is 9.34. The van der Waals surface area contributed by atoms with Gasteiger partial charge in [0.15, 0.2) is 5.96 Å². The summed E-state index contributed by atoms with van der Waals surface area (Å²) in [4.78, 5) is 16.3. The molecule has 0 heterocycles. The molecule has 0 unspecified atom stereocenters. The number of hydrogen-bond acceptors (Lipinski definition) is 3. The van der Waals surface area contributed by atoms with Crippen LogP contribution in [0.3, 0.4) is 0 Å². The third-order valence-corrected chi connectivity index (χ3v) is 5.00. The Balaban J connectivity index is 1.60. The zero-order valence-electron chi connectivity index (χ0n) is 16.3. The molecule has 5 nitrogen and oxygen atoms in total. The van der Waals surface area contributed by atoms with Crippen LogP contribution >= 0.6 is 11.8 Å². The molecule has 2 aromatic rings. The molecule has 0 radical (unpaired) electrons. The molecule has 28 heavy (non-hydrogen) atoms. The number of nitrogens with one attached hydrogen (secondary N) is 3. The standard InChI is InChI=1S/C21H27FN4OS/c1-16(27)26-19-8-4-17(5-9-19)12-14-25-21(23-2)24-13-3-15-28-20-10-6-18(22)7-11-20/h4-11H,3,12-15H2,1-2H3,(H,26,27)(H2,23,24,25). The van der Waals surface area contributed by atoms with E-state index < -0.39 is 0 Å². The van der Waals surface area contributed by atoms with Gasteiger partial charge in [0.1, 0.15) is 5.82 Å². The molecule has 0 atom stereocenters. The number of rotatable bonds is 9. The topological polar surface area (TPSA) is 65.5 Å². The predicted octanol–water partition coefficient (Wildman–Crippen LogP) is 3.67. The van der Waals surface area contributed by atoms with Gasteiger partial charge in [0, 0.05) is 37.6 Å². The second kappa shape index (κ2) is 12.0. The summed E-state index contributed by atoms with van der Waals surface area (Å²) in [5.41, 5.74) is 1.99. The Morgan fingerprint density at radius 1 is 1.04 bits per heavy atom. The van der Waals surface area contributed by atoms with E-state index >= 15 is 0 Å². The Labute approximate surface area is 170 Å². The molecule has 3 N–H and O–H groups in total. The molecule has 0 aromatic heterocycles. The molecule has 2 aromatic carbocycles. The number of hydrogen-bond donors (Lipinski definition) is 3. The van der Waals surface area contributed by atoms with E-state index in [1.807, 2.05) is 24.3 Å². The van der Waals surface area contributed by atoms with Gasteiger partial charge in [0.2, 0.25) is 5.91 Å². The number of carbonyl (C=O) groups excluding carboxylic acids is 1. The first kappa shape index (κ1) is 21.8. The summed E-state index contributed by atoms with van der Waals surface area (Å²) in [7, 11) is 1.75. The quantitative estimate of drug-likeness (QED) is 0.259. The van der Waals surface area contributed by atoms with Crippen LogP contribution in [0.25, 0.3) is 0 Å². The zero-order valence-corrected chi connectivity index (χ0v) is 17.1. The molecular formula is C21H27FN4OS. The number of halogens is 1. The summed E-state index contributed by atoms with van der Waals surface area (Å²) in [6, 6.07) is 14.4. The molecule has 0 aliphatic carbocycles. The van der Waals surface area contributed by atoms with Crippen molar-refractivity contribution < 1.29 is 9.18 Å². The lowest BCUT2D eigenvalue weighted by molar-refractivity contribution is -0.114. The first-order valence-corrected chi connectivity index (χ1v) is 10.2. The molecular weight excluding hydrogens is 375 g/mol. The highest BCUT2D eigenvalue weighted by Crippen LogP contribution is 2.18. The number of carbonyl (C=O) groups is 1. The molecule has 1 amide bonds. The highest BCUT2D eigenvalue weighted by Gasteiger charge is 2.00. The highest BCUT2D eigenvalue weighted by molar-refractivity contribution is 7.99. The Morgan fingerprint density at radius 2 is 1.71 bits per heavy atom. The van der Waals surface area contributed by atoms with Crippen molar-refractivity contribution in [3.05, 3.63) is 59.9 Å². The maximum atomic E-state index is 12.9. The van der Waals surface area contributed by atoms with E-state index in [1.54, 1.807) is 30.9 Å². The van der Waals surface area contributed by atoms with Gasteiger partial charge in [-0.2, -0.15) is 0 Å². The van der Waals surface area contributed by atoms with Crippen LogP contribution in [0.1, 0.15) is 18.9 Å². The summed E-state index contributed by atoms with van der Waals surface area (Å²) < 4.78 is 12.9. The van der Waals surface area contributed by atoms with Crippen LogP contribution in [-0.2, 0) is 11.2 Å². The van der Waals surface area contributed by atoms with Crippen LogP contribution in [0.2, 0.25) is 0 Å². The number of guanidine groups is 1. The summed E-state index contributed by atoms with van der Waals surface area (Å²) in [5.74, 6) is 1.46. The Hall–Kier alpha value is -2.54. The summed E-state index contributed by atoms with van der Waals surface area (Å²) in [6.45, 7) is 3.08. The van der Waals surface area contributed by atoms with E-state index in [0.29, 0.717) is 0 Å².